The van der Waals surface area contributed by atoms with Crippen molar-refractivity contribution in [3.8, 4) is 6.07 Å². The van der Waals surface area contributed by atoms with Gasteiger partial charge in [-0.1, -0.05) is 42.5 Å². The van der Waals surface area contributed by atoms with Gasteiger partial charge in [-0.2, -0.15) is 5.26 Å². The molecule has 4 heteroatoms. The van der Waals surface area contributed by atoms with Gasteiger partial charge in [0.15, 0.2) is 5.78 Å². The number of benzene rings is 2. The molecule has 1 heterocycles. The van der Waals surface area contributed by atoms with Crippen LogP contribution in [-0.2, 0) is 4.79 Å². The molecule has 0 fully saturated rings. The highest BCUT2D eigenvalue weighted by molar-refractivity contribution is 6.00. The molecule has 0 saturated carbocycles. The molecule has 0 unspecified atom stereocenters. The Bertz CT molecular complexity index is 1010. The average Bonchev–Trinajstić information content (AvgIpc) is 2.67. The van der Waals surface area contributed by atoms with Gasteiger partial charge in [0.25, 0.3) is 0 Å². The molecule has 1 aliphatic heterocycles. The van der Waals surface area contributed by atoms with Crippen molar-refractivity contribution in [2.45, 2.75) is 31.6 Å². The zero-order valence-electron chi connectivity index (χ0n) is 15.0. The molecule has 2 aromatic carbocycles. The summed E-state index contributed by atoms with van der Waals surface area (Å²) in [7, 11) is 0. The predicted octanol–water partition coefficient (Wildman–Crippen LogP) is 4.71. The number of carbonyl (C=O) groups is 1. The third kappa shape index (κ3) is 3.06. The van der Waals surface area contributed by atoms with Crippen LogP contribution in [0.15, 0.2) is 77.1 Å². The first kappa shape index (κ1) is 17.2. The van der Waals surface area contributed by atoms with Gasteiger partial charge in [0.1, 0.15) is 5.82 Å². The van der Waals surface area contributed by atoms with Gasteiger partial charge in [-0.15, -0.1) is 0 Å². The normalized spacial score (nSPS) is 22.2. The second kappa shape index (κ2) is 6.85. The Morgan fingerprint density at radius 3 is 2.52 bits per heavy atom. The number of nitriles is 1. The molecule has 1 aliphatic carbocycles. The molecule has 2 atom stereocenters. The zero-order chi connectivity index (χ0) is 19.0. The fraction of sp³-hybridized carbons (Fsp3) is 0.217. The molecular formula is C23H19FN2O. The van der Waals surface area contributed by atoms with Crippen molar-refractivity contribution in [2.24, 2.45) is 0 Å². The van der Waals surface area contributed by atoms with Gasteiger partial charge in [0.05, 0.1) is 17.6 Å². The van der Waals surface area contributed by atoms with Gasteiger partial charge in [-0.25, -0.2) is 4.39 Å². The maximum Gasteiger partial charge on any atom is 0.162 e. The molecule has 2 aromatic rings. The number of rotatable bonds is 2. The summed E-state index contributed by atoms with van der Waals surface area (Å²) in [6.45, 7) is 1.84. The maximum atomic E-state index is 13.8. The Morgan fingerprint density at radius 2 is 1.81 bits per heavy atom. The van der Waals surface area contributed by atoms with Gasteiger partial charge in [0.2, 0.25) is 0 Å². The summed E-state index contributed by atoms with van der Waals surface area (Å²) >= 11 is 0. The number of dihydropyridines is 1. The molecule has 4 rings (SSSR count). The number of halogens is 1. The van der Waals surface area contributed by atoms with Crippen LogP contribution in [0, 0.1) is 17.1 Å². The minimum Gasteiger partial charge on any atom is -0.361 e. The van der Waals surface area contributed by atoms with E-state index in [1.165, 1.54) is 12.1 Å². The smallest absolute Gasteiger partial charge is 0.162 e. The lowest BCUT2D eigenvalue weighted by Gasteiger charge is -2.35. The number of allylic oxidation sites excluding steroid dienone is 4. The Hall–Kier alpha value is -3.19. The van der Waals surface area contributed by atoms with E-state index in [4.69, 9.17) is 0 Å². The van der Waals surface area contributed by atoms with Crippen molar-refractivity contribution in [2.75, 3.05) is 0 Å². The van der Waals surface area contributed by atoms with Crippen LogP contribution >= 0.6 is 0 Å². The Balaban J connectivity index is 1.80. The summed E-state index contributed by atoms with van der Waals surface area (Å²) in [6.07, 6.45) is 1.10. The largest absolute Gasteiger partial charge is 0.361 e. The summed E-state index contributed by atoms with van der Waals surface area (Å²) in [5, 5.41) is 13.0. The summed E-state index contributed by atoms with van der Waals surface area (Å²) in [5.41, 5.74) is 4.44. The van der Waals surface area contributed by atoms with Crippen LogP contribution in [0.3, 0.4) is 0 Å². The van der Waals surface area contributed by atoms with Crippen LogP contribution in [0.5, 0.6) is 0 Å². The quantitative estimate of drug-likeness (QED) is 0.846. The van der Waals surface area contributed by atoms with E-state index in [-0.39, 0.29) is 17.5 Å². The fourth-order valence-electron chi connectivity index (χ4n) is 4.17. The Morgan fingerprint density at radius 1 is 1.07 bits per heavy atom. The Kier molecular flexibility index (Phi) is 4.37. The minimum atomic E-state index is -0.508. The van der Waals surface area contributed by atoms with Crippen LogP contribution in [0.2, 0.25) is 0 Å². The summed E-state index contributed by atoms with van der Waals surface area (Å²) < 4.78 is 13.8. The second-order valence-corrected chi connectivity index (χ2v) is 7.09. The zero-order valence-corrected chi connectivity index (χ0v) is 15.0. The highest BCUT2D eigenvalue weighted by atomic mass is 19.1. The van der Waals surface area contributed by atoms with E-state index in [0.29, 0.717) is 29.6 Å². The molecule has 0 bridgehead atoms. The third-order valence-electron chi connectivity index (χ3n) is 5.40. The van der Waals surface area contributed by atoms with Gasteiger partial charge in [0, 0.05) is 23.4 Å². The van der Waals surface area contributed by atoms with E-state index in [1.54, 1.807) is 12.1 Å². The van der Waals surface area contributed by atoms with E-state index in [2.05, 4.69) is 11.4 Å². The van der Waals surface area contributed by atoms with Crippen molar-refractivity contribution < 1.29 is 9.18 Å². The molecule has 0 radical (unpaired) electrons. The number of nitrogens with zero attached hydrogens (tertiary/aromatic N) is 1. The summed E-state index contributed by atoms with van der Waals surface area (Å²) in [6, 6.07) is 18.4. The van der Waals surface area contributed by atoms with Crippen LogP contribution in [-0.4, -0.2) is 5.78 Å². The first-order chi connectivity index (χ1) is 13.1. The van der Waals surface area contributed by atoms with E-state index in [1.807, 2.05) is 37.3 Å². The highest BCUT2D eigenvalue weighted by Gasteiger charge is 2.38. The van der Waals surface area contributed by atoms with E-state index in [0.717, 1.165) is 17.0 Å². The van der Waals surface area contributed by atoms with Crippen LogP contribution < -0.4 is 5.32 Å². The number of carbonyl (C=O) groups excluding carboxylic acids is 1. The molecule has 0 amide bonds. The maximum absolute atomic E-state index is 13.8. The lowest BCUT2D eigenvalue weighted by molar-refractivity contribution is -0.116. The fourth-order valence-corrected chi connectivity index (χ4v) is 4.17. The first-order valence-corrected chi connectivity index (χ1v) is 9.03. The Labute approximate surface area is 157 Å². The van der Waals surface area contributed by atoms with Crippen molar-refractivity contribution in [3.63, 3.8) is 0 Å². The second-order valence-electron chi connectivity index (χ2n) is 7.09. The number of nitrogens with one attached hydrogen (secondary N) is 1. The molecule has 27 heavy (non-hydrogen) atoms. The van der Waals surface area contributed by atoms with Crippen LogP contribution in [0.25, 0.3) is 0 Å². The predicted molar refractivity (Wildman–Crippen MR) is 101 cm³/mol. The number of Topliss-reactive ketones (excluding diaryl/α,β-unsaturated/α-hetero) is 1. The number of ketones is 1. The topological polar surface area (TPSA) is 52.9 Å². The molecule has 1 N–H and O–H groups in total. The monoisotopic (exact) mass is 358 g/mol. The van der Waals surface area contributed by atoms with E-state index < -0.39 is 5.92 Å². The number of hydrogen-bond donors (Lipinski definition) is 1. The highest BCUT2D eigenvalue weighted by Crippen LogP contribution is 2.45. The first-order valence-electron chi connectivity index (χ1n) is 9.03. The van der Waals surface area contributed by atoms with E-state index in [9.17, 15) is 14.4 Å². The van der Waals surface area contributed by atoms with Crippen LogP contribution in [0.1, 0.15) is 42.7 Å². The van der Waals surface area contributed by atoms with Crippen molar-refractivity contribution in [3.05, 3.63) is 94.1 Å². The van der Waals surface area contributed by atoms with Crippen molar-refractivity contribution in [1.29, 1.82) is 5.26 Å². The molecule has 0 spiro atoms. The van der Waals surface area contributed by atoms with Gasteiger partial charge in [-0.3, -0.25) is 4.79 Å². The summed E-state index contributed by atoms with van der Waals surface area (Å²) in [5.74, 6) is -0.749. The molecular weight excluding hydrogens is 339 g/mol. The van der Waals surface area contributed by atoms with Gasteiger partial charge < -0.3 is 5.32 Å². The molecule has 134 valence electrons. The minimum absolute atomic E-state index is 0.0205. The molecule has 0 aromatic heterocycles. The van der Waals surface area contributed by atoms with Crippen LogP contribution in [0.4, 0.5) is 4.39 Å². The molecule has 3 nitrogen and oxygen atoms in total. The average molecular weight is 358 g/mol. The van der Waals surface area contributed by atoms with E-state index >= 15 is 0 Å². The summed E-state index contributed by atoms with van der Waals surface area (Å²) in [4.78, 5) is 13.1. The third-order valence-corrected chi connectivity index (χ3v) is 5.40. The molecule has 0 saturated heterocycles. The SMILES string of the molecule is CC1=C(C#N)[C@@H](c2cccc(F)c2)C2=C(C[C@@H](c3ccccc3)CC2=O)N1. The van der Waals surface area contributed by atoms with Gasteiger partial charge in [-0.05, 0) is 42.5 Å². The number of hydrogen-bond acceptors (Lipinski definition) is 3. The van der Waals surface area contributed by atoms with Crippen molar-refractivity contribution in [1.82, 2.24) is 5.32 Å². The van der Waals surface area contributed by atoms with Crippen molar-refractivity contribution >= 4 is 5.78 Å². The lowest BCUT2D eigenvalue weighted by Crippen LogP contribution is -2.33. The van der Waals surface area contributed by atoms with Gasteiger partial charge >= 0.3 is 0 Å². The molecule has 2 aliphatic rings. The standard InChI is InChI=1S/C23H19FN2O/c1-14-19(13-25)22(16-8-5-9-18(24)10-16)23-20(26-14)11-17(12-21(23)27)15-6-3-2-4-7-15/h2-10,17,22,26H,11-12H2,1H3/t17-,22-/m1/s1. The lowest BCUT2D eigenvalue weighted by atomic mass is 9.72.